The van der Waals surface area contributed by atoms with Crippen LogP contribution in [0.1, 0.15) is 11.1 Å². The maximum Gasteiger partial charge on any atom is 0.422 e. The number of nitrogens with zero attached hydrogens (tertiary/aromatic N) is 2. The number of nitrogens with one attached hydrogen (secondary N) is 1. The van der Waals surface area contributed by atoms with Gasteiger partial charge in [-0.05, 0) is 23.3 Å². The molecule has 2 aromatic rings. The summed E-state index contributed by atoms with van der Waals surface area (Å²) in [5, 5.41) is 2.89. The van der Waals surface area contributed by atoms with Crippen molar-refractivity contribution in [1.82, 2.24) is 15.3 Å². The molecular weight excluding hydrogens is 347 g/mol. The Hall–Kier alpha value is -2.35. The Bertz CT molecular complexity index is 710. The molecule has 0 aliphatic heterocycles. The van der Waals surface area contributed by atoms with Crippen molar-refractivity contribution in [1.29, 1.82) is 0 Å². The standard InChI is InChI=1S/C15H13ClF3N3O2/c16-14-11(2-1-4-21-14)7-12(23)22-8-10-3-5-20-13(6-10)24-9-15(17,18)19/h1-6H,7-9H2,(H,22,23). The van der Waals surface area contributed by atoms with Gasteiger partial charge >= 0.3 is 6.18 Å². The molecule has 0 aromatic carbocycles. The van der Waals surface area contributed by atoms with Gasteiger partial charge < -0.3 is 10.1 Å². The normalized spacial score (nSPS) is 11.2. The minimum absolute atomic E-state index is 0.0508. The smallest absolute Gasteiger partial charge is 0.422 e. The molecule has 0 saturated carbocycles. The first-order valence-electron chi connectivity index (χ1n) is 6.84. The zero-order chi connectivity index (χ0) is 17.6. The van der Waals surface area contributed by atoms with E-state index in [9.17, 15) is 18.0 Å². The van der Waals surface area contributed by atoms with Gasteiger partial charge in [0.1, 0.15) is 5.15 Å². The van der Waals surface area contributed by atoms with Crippen LogP contribution in [-0.4, -0.2) is 28.7 Å². The highest BCUT2D eigenvalue weighted by molar-refractivity contribution is 6.30. The molecule has 5 nitrogen and oxygen atoms in total. The fourth-order valence-electron chi connectivity index (χ4n) is 1.78. The molecule has 0 aliphatic carbocycles. The van der Waals surface area contributed by atoms with Crippen LogP contribution in [0.25, 0.3) is 0 Å². The highest BCUT2D eigenvalue weighted by atomic mass is 35.5. The second kappa shape index (κ2) is 7.96. The molecule has 0 bridgehead atoms. The summed E-state index contributed by atoms with van der Waals surface area (Å²) >= 11 is 5.87. The molecule has 0 saturated heterocycles. The second-order valence-corrected chi connectivity index (χ2v) is 5.17. The molecule has 0 atom stereocenters. The number of ether oxygens (including phenoxy) is 1. The Labute approximate surface area is 140 Å². The summed E-state index contributed by atoms with van der Waals surface area (Å²) in [5.41, 5.74) is 1.15. The monoisotopic (exact) mass is 359 g/mol. The third-order valence-electron chi connectivity index (χ3n) is 2.86. The number of amides is 1. The molecular formula is C15H13ClF3N3O2. The number of rotatable bonds is 6. The van der Waals surface area contributed by atoms with E-state index in [4.69, 9.17) is 11.6 Å². The molecule has 1 amide bonds. The van der Waals surface area contributed by atoms with E-state index >= 15 is 0 Å². The number of pyridine rings is 2. The Morgan fingerprint density at radius 2 is 2.04 bits per heavy atom. The van der Waals surface area contributed by atoms with E-state index in [2.05, 4.69) is 20.0 Å². The number of alkyl halides is 3. The number of hydrogen-bond donors (Lipinski definition) is 1. The van der Waals surface area contributed by atoms with Gasteiger partial charge in [0.25, 0.3) is 0 Å². The van der Waals surface area contributed by atoms with Crippen molar-refractivity contribution in [3.63, 3.8) is 0 Å². The van der Waals surface area contributed by atoms with Crippen LogP contribution in [0.2, 0.25) is 5.15 Å². The Morgan fingerprint density at radius 1 is 1.25 bits per heavy atom. The van der Waals surface area contributed by atoms with Crippen molar-refractivity contribution in [3.05, 3.63) is 52.9 Å². The number of halogens is 4. The summed E-state index contributed by atoms with van der Waals surface area (Å²) in [7, 11) is 0. The molecule has 2 heterocycles. The maximum atomic E-state index is 12.1. The van der Waals surface area contributed by atoms with E-state index < -0.39 is 12.8 Å². The fraction of sp³-hybridized carbons (Fsp3) is 0.267. The molecule has 9 heteroatoms. The SMILES string of the molecule is O=C(Cc1cccnc1Cl)NCc1ccnc(OCC(F)(F)F)c1. The lowest BCUT2D eigenvalue weighted by Gasteiger charge is -2.10. The van der Waals surface area contributed by atoms with Crippen molar-refractivity contribution >= 4 is 17.5 Å². The molecule has 0 aliphatic rings. The topological polar surface area (TPSA) is 64.1 Å². The Kier molecular flexibility index (Phi) is 5.97. The van der Waals surface area contributed by atoms with Crippen LogP contribution in [0.4, 0.5) is 13.2 Å². The molecule has 24 heavy (non-hydrogen) atoms. The summed E-state index contributed by atoms with van der Waals surface area (Å²) in [6.45, 7) is -1.29. The third-order valence-corrected chi connectivity index (χ3v) is 3.20. The first-order valence-corrected chi connectivity index (χ1v) is 7.22. The second-order valence-electron chi connectivity index (χ2n) is 4.81. The highest BCUT2D eigenvalue weighted by Crippen LogP contribution is 2.17. The molecule has 0 fully saturated rings. The van der Waals surface area contributed by atoms with Gasteiger partial charge in [-0.15, -0.1) is 0 Å². The van der Waals surface area contributed by atoms with E-state index in [1.54, 1.807) is 18.2 Å². The fourth-order valence-corrected chi connectivity index (χ4v) is 1.97. The van der Waals surface area contributed by atoms with Crippen LogP contribution in [0.15, 0.2) is 36.7 Å². The lowest BCUT2D eigenvalue weighted by atomic mass is 10.2. The predicted octanol–water partition coefficient (Wildman–Crippen LogP) is 2.93. The van der Waals surface area contributed by atoms with Crippen molar-refractivity contribution in [3.8, 4) is 5.88 Å². The van der Waals surface area contributed by atoms with Crippen molar-refractivity contribution in [2.45, 2.75) is 19.1 Å². The van der Waals surface area contributed by atoms with E-state index in [1.807, 2.05) is 0 Å². The van der Waals surface area contributed by atoms with Gasteiger partial charge in [0, 0.05) is 25.0 Å². The molecule has 0 spiro atoms. The minimum Gasteiger partial charge on any atom is -0.468 e. The van der Waals surface area contributed by atoms with Gasteiger partial charge in [0.2, 0.25) is 11.8 Å². The lowest BCUT2D eigenvalue weighted by molar-refractivity contribution is -0.154. The van der Waals surface area contributed by atoms with Gasteiger partial charge in [-0.2, -0.15) is 13.2 Å². The molecule has 128 valence electrons. The number of carbonyl (C=O) groups excluding carboxylic acids is 1. The van der Waals surface area contributed by atoms with E-state index in [-0.39, 0.29) is 29.9 Å². The zero-order valence-corrected chi connectivity index (χ0v) is 13.1. The number of aromatic nitrogens is 2. The summed E-state index contributed by atoms with van der Waals surface area (Å²) < 4.78 is 40.9. The van der Waals surface area contributed by atoms with Crippen molar-refractivity contribution < 1.29 is 22.7 Å². The van der Waals surface area contributed by atoms with Crippen LogP contribution in [-0.2, 0) is 17.8 Å². The molecule has 2 aromatic heterocycles. The summed E-state index contributed by atoms with van der Waals surface area (Å²) in [6.07, 6.45) is -1.56. The Balaban J connectivity index is 1.87. The summed E-state index contributed by atoms with van der Waals surface area (Å²) in [4.78, 5) is 19.4. The molecule has 0 unspecified atom stereocenters. The van der Waals surface area contributed by atoms with E-state index in [1.165, 1.54) is 18.5 Å². The predicted molar refractivity (Wildman–Crippen MR) is 80.6 cm³/mol. The first-order chi connectivity index (χ1) is 11.3. The first kappa shape index (κ1) is 18.0. The highest BCUT2D eigenvalue weighted by Gasteiger charge is 2.28. The molecule has 0 radical (unpaired) electrons. The third kappa shape index (κ3) is 6.04. The quantitative estimate of drug-likeness (QED) is 0.805. The van der Waals surface area contributed by atoms with Gasteiger partial charge in [0.15, 0.2) is 6.61 Å². The summed E-state index contributed by atoms with van der Waals surface area (Å²) in [6, 6.07) is 6.26. The minimum atomic E-state index is -4.44. The maximum absolute atomic E-state index is 12.1. The summed E-state index contributed by atoms with van der Waals surface area (Å²) in [5.74, 6) is -0.450. The average molecular weight is 360 g/mol. The van der Waals surface area contributed by atoms with Crippen LogP contribution >= 0.6 is 11.6 Å². The van der Waals surface area contributed by atoms with E-state index in [0.29, 0.717) is 11.1 Å². The largest absolute Gasteiger partial charge is 0.468 e. The Morgan fingerprint density at radius 3 is 2.75 bits per heavy atom. The number of hydrogen-bond acceptors (Lipinski definition) is 4. The van der Waals surface area contributed by atoms with Gasteiger partial charge in [-0.1, -0.05) is 17.7 Å². The van der Waals surface area contributed by atoms with Gasteiger partial charge in [0.05, 0.1) is 6.42 Å². The lowest BCUT2D eigenvalue weighted by Crippen LogP contribution is -2.25. The van der Waals surface area contributed by atoms with Crippen molar-refractivity contribution in [2.24, 2.45) is 0 Å². The molecule has 1 N–H and O–H groups in total. The van der Waals surface area contributed by atoms with Crippen LogP contribution in [0.5, 0.6) is 5.88 Å². The van der Waals surface area contributed by atoms with Gasteiger partial charge in [-0.3, -0.25) is 4.79 Å². The van der Waals surface area contributed by atoms with Crippen LogP contribution in [0, 0.1) is 0 Å². The zero-order valence-electron chi connectivity index (χ0n) is 12.3. The number of carbonyl (C=O) groups is 1. The van der Waals surface area contributed by atoms with E-state index in [0.717, 1.165) is 0 Å². The molecule has 2 rings (SSSR count). The average Bonchev–Trinajstić information content (AvgIpc) is 2.53. The van der Waals surface area contributed by atoms with Crippen molar-refractivity contribution in [2.75, 3.05) is 6.61 Å². The van der Waals surface area contributed by atoms with Gasteiger partial charge in [-0.25, -0.2) is 9.97 Å². The van der Waals surface area contributed by atoms with Crippen LogP contribution in [0.3, 0.4) is 0 Å². The van der Waals surface area contributed by atoms with Crippen LogP contribution < -0.4 is 10.1 Å².